The molecule has 2 nitrogen and oxygen atoms in total. The molecule has 0 heterocycles. The zero-order chi connectivity index (χ0) is 10.3. The number of hydrogen-bond acceptors (Lipinski definition) is 2. The predicted molar refractivity (Wildman–Crippen MR) is 54.4 cm³/mol. The number of allylic oxidation sites excluding steroid dienone is 2. The van der Waals surface area contributed by atoms with Gasteiger partial charge in [-0.3, -0.25) is 0 Å². The largest absolute Gasteiger partial charge is 0.462 e. The van der Waals surface area contributed by atoms with E-state index in [4.69, 9.17) is 4.74 Å². The Morgan fingerprint density at radius 1 is 1.31 bits per heavy atom. The summed E-state index contributed by atoms with van der Waals surface area (Å²) in [5.41, 5.74) is 1.76. The number of carbonyl (C=O) groups excluding carboxylic acids is 1. The van der Waals surface area contributed by atoms with Gasteiger partial charge in [-0.25, -0.2) is 4.79 Å². The highest BCUT2D eigenvalue weighted by Gasteiger charge is 2.05. The van der Waals surface area contributed by atoms with Crippen LogP contribution < -0.4 is 0 Å². The minimum absolute atomic E-state index is 0.231. The van der Waals surface area contributed by atoms with E-state index >= 15 is 0 Å². The second-order valence-electron chi connectivity index (χ2n) is 3.01. The first-order valence-electron chi connectivity index (χ1n) is 4.64. The molecule has 13 heavy (non-hydrogen) atoms. The van der Waals surface area contributed by atoms with Crippen molar-refractivity contribution in [1.82, 2.24) is 0 Å². The van der Waals surface area contributed by atoms with Gasteiger partial charge in [-0.15, -0.1) is 0 Å². The normalized spacial score (nSPS) is 10.9. The van der Waals surface area contributed by atoms with Gasteiger partial charge in [0.15, 0.2) is 0 Å². The van der Waals surface area contributed by atoms with E-state index in [2.05, 4.69) is 0 Å². The Bertz CT molecular complexity index is 220. The molecule has 74 valence electrons. The summed E-state index contributed by atoms with van der Waals surface area (Å²) in [6.45, 7) is 8.16. The van der Waals surface area contributed by atoms with Crippen molar-refractivity contribution in [1.29, 1.82) is 0 Å². The lowest BCUT2D eigenvalue weighted by atomic mass is 10.1. The standard InChI is InChI=1S/C11H18O2/c1-5-7-10(8-9(3)4)11(12)13-6-2/h7-8H,5-6H2,1-4H3/b10-7-. The molecule has 0 bridgehead atoms. The molecule has 0 rings (SSSR count). The molecule has 0 aromatic heterocycles. The van der Waals surface area contributed by atoms with Gasteiger partial charge in [0.05, 0.1) is 12.2 Å². The molecule has 0 aromatic carbocycles. The molecule has 0 saturated heterocycles. The Kier molecular flexibility index (Phi) is 5.94. The van der Waals surface area contributed by atoms with Crippen molar-refractivity contribution in [2.75, 3.05) is 6.61 Å². The lowest BCUT2D eigenvalue weighted by Crippen LogP contribution is -2.06. The van der Waals surface area contributed by atoms with Gasteiger partial charge in [-0.05, 0) is 33.3 Å². The number of rotatable bonds is 4. The second-order valence-corrected chi connectivity index (χ2v) is 3.01. The van der Waals surface area contributed by atoms with Crippen LogP contribution >= 0.6 is 0 Å². The van der Waals surface area contributed by atoms with Crippen molar-refractivity contribution < 1.29 is 9.53 Å². The maximum atomic E-state index is 11.3. The number of esters is 1. The summed E-state index contributed by atoms with van der Waals surface area (Å²) in [4.78, 5) is 11.3. The van der Waals surface area contributed by atoms with Crippen LogP contribution in [0.1, 0.15) is 34.1 Å². The average molecular weight is 182 g/mol. The first kappa shape index (κ1) is 11.9. The molecule has 0 aromatic rings. The van der Waals surface area contributed by atoms with Crippen LogP contribution in [0.25, 0.3) is 0 Å². The molecular formula is C11H18O2. The maximum Gasteiger partial charge on any atom is 0.337 e. The van der Waals surface area contributed by atoms with Gasteiger partial charge < -0.3 is 4.74 Å². The Hall–Kier alpha value is -1.05. The first-order chi connectivity index (χ1) is 6.11. The molecule has 0 amide bonds. The lowest BCUT2D eigenvalue weighted by molar-refractivity contribution is -0.138. The fraction of sp³-hybridized carbons (Fsp3) is 0.545. The minimum atomic E-state index is -0.231. The summed E-state index contributed by atoms with van der Waals surface area (Å²) in [5, 5.41) is 0. The maximum absolute atomic E-state index is 11.3. The summed E-state index contributed by atoms with van der Waals surface area (Å²) in [7, 11) is 0. The van der Waals surface area contributed by atoms with E-state index in [0.29, 0.717) is 12.2 Å². The number of hydrogen-bond donors (Lipinski definition) is 0. The minimum Gasteiger partial charge on any atom is -0.462 e. The Balaban J connectivity index is 4.53. The van der Waals surface area contributed by atoms with Crippen LogP contribution in [0.5, 0.6) is 0 Å². The molecule has 0 atom stereocenters. The SMILES string of the molecule is CC/C=C(/C=C(C)C)C(=O)OCC. The van der Waals surface area contributed by atoms with Crippen molar-refractivity contribution >= 4 is 5.97 Å². The van der Waals surface area contributed by atoms with Gasteiger partial charge in [0.1, 0.15) is 0 Å². The first-order valence-corrected chi connectivity index (χ1v) is 4.64. The highest BCUT2D eigenvalue weighted by atomic mass is 16.5. The van der Waals surface area contributed by atoms with E-state index in [0.717, 1.165) is 12.0 Å². The van der Waals surface area contributed by atoms with Crippen molar-refractivity contribution in [3.05, 3.63) is 23.3 Å². The van der Waals surface area contributed by atoms with E-state index < -0.39 is 0 Å². The molecule has 0 aliphatic rings. The summed E-state index contributed by atoms with van der Waals surface area (Å²) in [5.74, 6) is -0.231. The monoisotopic (exact) mass is 182 g/mol. The Labute approximate surface area is 80.3 Å². The predicted octanol–water partition coefficient (Wildman–Crippen LogP) is 2.85. The summed E-state index contributed by atoms with van der Waals surface area (Å²) in [6, 6.07) is 0. The van der Waals surface area contributed by atoms with Crippen LogP contribution in [0, 0.1) is 0 Å². The van der Waals surface area contributed by atoms with Crippen LogP contribution in [-0.2, 0) is 9.53 Å². The van der Waals surface area contributed by atoms with Crippen molar-refractivity contribution in [2.24, 2.45) is 0 Å². The topological polar surface area (TPSA) is 26.3 Å². The van der Waals surface area contributed by atoms with Crippen LogP contribution in [0.15, 0.2) is 23.3 Å². The molecule has 0 fully saturated rings. The highest BCUT2D eigenvalue weighted by molar-refractivity contribution is 5.91. The zero-order valence-electron chi connectivity index (χ0n) is 8.89. The van der Waals surface area contributed by atoms with Gasteiger partial charge >= 0.3 is 5.97 Å². The van der Waals surface area contributed by atoms with Crippen molar-refractivity contribution in [3.63, 3.8) is 0 Å². The number of carbonyl (C=O) groups is 1. The Morgan fingerprint density at radius 2 is 1.92 bits per heavy atom. The zero-order valence-corrected chi connectivity index (χ0v) is 8.89. The summed E-state index contributed by atoms with van der Waals surface area (Å²) < 4.78 is 4.91. The van der Waals surface area contributed by atoms with Gasteiger partial charge in [0.2, 0.25) is 0 Å². The number of ether oxygens (including phenoxy) is 1. The molecule has 0 aliphatic carbocycles. The van der Waals surface area contributed by atoms with E-state index in [-0.39, 0.29) is 5.97 Å². The summed E-state index contributed by atoms with van der Waals surface area (Å²) in [6.07, 6.45) is 4.57. The van der Waals surface area contributed by atoms with E-state index in [1.165, 1.54) is 0 Å². The quantitative estimate of drug-likeness (QED) is 0.379. The van der Waals surface area contributed by atoms with Crippen LogP contribution in [0.2, 0.25) is 0 Å². The molecular weight excluding hydrogens is 164 g/mol. The third-order valence-electron chi connectivity index (χ3n) is 1.38. The van der Waals surface area contributed by atoms with E-state index in [1.54, 1.807) is 0 Å². The second kappa shape index (κ2) is 6.46. The van der Waals surface area contributed by atoms with Gasteiger partial charge in [0.25, 0.3) is 0 Å². The van der Waals surface area contributed by atoms with Crippen molar-refractivity contribution in [2.45, 2.75) is 34.1 Å². The van der Waals surface area contributed by atoms with Gasteiger partial charge in [-0.2, -0.15) is 0 Å². The van der Waals surface area contributed by atoms with E-state index in [9.17, 15) is 4.79 Å². The molecule has 0 saturated carbocycles. The van der Waals surface area contributed by atoms with Crippen molar-refractivity contribution in [3.8, 4) is 0 Å². The molecule has 0 radical (unpaired) electrons. The molecule has 0 unspecified atom stereocenters. The van der Waals surface area contributed by atoms with Gasteiger partial charge in [-0.1, -0.05) is 18.6 Å². The smallest absolute Gasteiger partial charge is 0.337 e. The fourth-order valence-corrected chi connectivity index (χ4v) is 0.947. The van der Waals surface area contributed by atoms with E-state index in [1.807, 2.05) is 39.8 Å². The third kappa shape index (κ3) is 5.23. The van der Waals surface area contributed by atoms with Crippen LogP contribution in [-0.4, -0.2) is 12.6 Å². The lowest BCUT2D eigenvalue weighted by Gasteiger charge is -2.02. The molecule has 2 heteroatoms. The highest BCUT2D eigenvalue weighted by Crippen LogP contribution is 2.05. The van der Waals surface area contributed by atoms with Gasteiger partial charge in [0, 0.05) is 0 Å². The van der Waals surface area contributed by atoms with Crippen LogP contribution in [0.4, 0.5) is 0 Å². The molecule has 0 aliphatic heterocycles. The molecule has 0 N–H and O–H groups in total. The Morgan fingerprint density at radius 3 is 2.31 bits per heavy atom. The average Bonchev–Trinajstić information content (AvgIpc) is 2.03. The fourth-order valence-electron chi connectivity index (χ4n) is 0.947. The third-order valence-corrected chi connectivity index (χ3v) is 1.38. The molecule has 0 spiro atoms. The van der Waals surface area contributed by atoms with Crippen LogP contribution in [0.3, 0.4) is 0 Å². The summed E-state index contributed by atoms with van der Waals surface area (Å²) >= 11 is 0.